The smallest absolute Gasteiger partial charge is 0.230 e. The molecule has 0 aliphatic heterocycles. The standard InChI is InChI=1S/C26H20ClFN2O4S2/c1-2-36(33,34)21-12-6-16(7-13-21)14-22(31)29-26-30-23(17-8-10-19(27)11-9-17)25(35-26)24(32)18-4-3-5-20(28)15-18/h3-13,15H,2,14H2,1H3,(H,29,30,31). The molecule has 0 spiro atoms. The average molecular weight is 543 g/mol. The fourth-order valence-electron chi connectivity index (χ4n) is 3.42. The fourth-order valence-corrected chi connectivity index (χ4v) is 5.40. The second-order valence-electron chi connectivity index (χ2n) is 7.82. The molecular formula is C26H20ClFN2O4S2. The van der Waals surface area contributed by atoms with Gasteiger partial charge >= 0.3 is 0 Å². The number of nitrogens with zero attached hydrogens (tertiary/aromatic N) is 1. The number of hydrogen-bond donors (Lipinski definition) is 1. The van der Waals surface area contributed by atoms with Gasteiger partial charge in [-0.3, -0.25) is 9.59 Å². The molecule has 0 unspecified atom stereocenters. The molecule has 0 bridgehead atoms. The Kier molecular flexibility index (Phi) is 7.63. The monoisotopic (exact) mass is 542 g/mol. The number of carbonyl (C=O) groups is 2. The van der Waals surface area contributed by atoms with Crippen LogP contribution in [0.25, 0.3) is 11.3 Å². The molecule has 1 heterocycles. The van der Waals surface area contributed by atoms with Crippen LogP contribution in [-0.2, 0) is 21.1 Å². The molecule has 0 saturated carbocycles. The maximum atomic E-state index is 13.7. The van der Waals surface area contributed by atoms with Crippen LogP contribution in [0.3, 0.4) is 0 Å². The summed E-state index contributed by atoms with van der Waals surface area (Å²) in [6.45, 7) is 1.57. The number of aromatic nitrogens is 1. The number of thiazole rings is 1. The molecule has 0 radical (unpaired) electrons. The maximum absolute atomic E-state index is 13.7. The highest BCUT2D eigenvalue weighted by Crippen LogP contribution is 2.34. The fraction of sp³-hybridized carbons (Fsp3) is 0.115. The number of ketones is 1. The van der Waals surface area contributed by atoms with Crippen molar-refractivity contribution in [3.8, 4) is 11.3 Å². The Morgan fingerprint density at radius 2 is 1.72 bits per heavy atom. The van der Waals surface area contributed by atoms with E-state index in [9.17, 15) is 22.4 Å². The molecular weight excluding hydrogens is 523 g/mol. The van der Waals surface area contributed by atoms with Crippen LogP contribution in [0, 0.1) is 5.82 Å². The number of hydrogen-bond acceptors (Lipinski definition) is 6. The van der Waals surface area contributed by atoms with E-state index in [0.717, 1.165) is 17.4 Å². The third-order valence-corrected chi connectivity index (χ3v) is 8.28. The van der Waals surface area contributed by atoms with E-state index in [2.05, 4.69) is 10.3 Å². The van der Waals surface area contributed by atoms with Crippen LogP contribution in [0.5, 0.6) is 0 Å². The predicted octanol–water partition coefficient (Wildman–Crippen LogP) is 5.81. The Balaban J connectivity index is 1.60. The molecule has 10 heteroatoms. The van der Waals surface area contributed by atoms with Gasteiger partial charge in [0.05, 0.1) is 22.8 Å². The van der Waals surface area contributed by atoms with E-state index < -0.39 is 21.4 Å². The molecule has 1 N–H and O–H groups in total. The number of rotatable bonds is 8. The molecule has 0 aliphatic rings. The number of amides is 1. The topological polar surface area (TPSA) is 93.2 Å². The zero-order chi connectivity index (χ0) is 25.9. The summed E-state index contributed by atoms with van der Waals surface area (Å²) in [5.74, 6) is -1.36. The number of nitrogens with one attached hydrogen (secondary N) is 1. The van der Waals surface area contributed by atoms with Crippen LogP contribution >= 0.6 is 22.9 Å². The molecule has 3 aromatic carbocycles. The molecule has 0 fully saturated rings. The summed E-state index contributed by atoms with van der Waals surface area (Å²) in [5.41, 5.74) is 1.74. The van der Waals surface area contributed by atoms with Crippen LogP contribution in [-0.4, -0.2) is 30.8 Å². The molecule has 36 heavy (non-hydrogen) atoms. The molecule has 6 nitrogen and oxygen atoms in total. The molecule has 4 rings (SSSR count). The molecule has 4 aromatic rings. The summed E-state index contributed by atoms with van der Waals surface area (Å²) in [6, 6.07) is 18.2. The molecule has 0 atom stereocenters. The van der Waals surface area contributed by atoms with E-state index in [1.807, 2.05) is 0 Å². The Morgan fingerprint density at radius 3 is 2.36 bits per heavy atom. The van der Waals surface area contributed by atoms with Crippen LogP contribution in [0.15, 0.2) is 77.7 Å². The zero-order valence-corrected chi connectivity index (χ0v) is 21.4. The van der Waals surface area contributed by atoms with Crippen molar-refractivity contribution in [2.75, 3.05) is 11.1 Å². The SMILES string of the molecule is CCS(=O)(=O)c1ccc(CC(=O)Nc2nc(-c3ccc(Cl)cc3)c(C(=O)c3cccc(F)c3)s2)cc1. The van der Waals surface area contributed by atoms with Crippen molar-refractivity contribution in [2.24, 2.45) is 0 Å². The van der Waals surface area contributed by atoms with Gasteiger partial charge in [-0.2, -0.15) is 0 Å². The van der Waals surface area contributed by atoms with Gasteiger partial charge in [-0.15, -0.1) is 0 Å². The highest BCUT2D eigenvalue weighted by Gasteiger charge is 2.22. The Morgan fingerprint density at radius 1 is 1.03 bits per heavy atom. The summed E-state index contributed by atoms with van der Waals surface area (Å²) in [7, 11) is -3.33. The lowest BCUT2D eigenvalue weighted by Gasteiger charge is -2.04. The third kappa shape index (κ3) is 5.87. The first-order valence-electron chi connectivity index (χ1n) is 10.8. The predicted molar refractivity (Wildman–Crippen MR) is 139 cm³/mol. The second kappa shape index (κ2) is 10.7. The van der Waals surface area contributed by atoms with E-state index in [0.29, 0.717) is 21.8 Å². The van der Waals surface area contributed by atoms with E-state index in [1.165, 1.54) is 30.3 Å². The Bertz CT molecular complexity index is 1530. The van der Waals surface area contributed by atoms with Crippen molar-refractivity contribution in [3.05, 3.63) is 99.6 Å². The van der Waals surface area contributed by atoms with Gasteiger partial charge in [0.15, 0.2) is 15.0 Å². The number of sulfone groups is 1. The van der Waals surface area contributed by atoms with Gasteiger partial charge < -0.3 is 5.32 Å². The molecule has 0 saturated heterocycles. The van der Waals surface area contributed by atoms with Crippen molar-refractivity contribution in [2.45, 2.75) is 18.2 Å². The van der Waals surface area contributed by atoms with Crippen molar-refractivity contribution in [1.29, 1.82) is 0 Å². The molecule has 0 aliphatic carbocycles. The minimum atomic E-state index is -3.33. The molecule has 1 amide bonds. The van der Waals surface area contributed by atoms with E-state index in [-0.39, 0.29) is 38.5 Å². The van der Waals surface area contributed by atoms with Gasteiger partial charge in [0.25, 0.3) is 0 Å². The molecule has 1 aromatic heterocycles. The van der Waals surface area contributed by atoms with Crippen LogP contribution in [0.2, 0.25) is 5.02 Å². The largest absolute Gasteiger partial charge is 0.302 e. The highest BCUT2D eigenvalue weighted by atomic mass is 35.5. The van der Waals surface area contributed by atoms with E-state index in [1.54, 1.807) is 43.3 Å². The third-order valence-electron chi connectivity index (χ3n) is 5.31. The number of anilines is 1. The first kappa shape index (κ1) is 25.7. The van der Waals surface area contributed by atoms with E-state index >= 15 is 0 Å². The lowest BCUT2D eigenvalue weighted by molar-refractivity contribution is -0.115. The summed E-state index contributed by atoms with van der Waals surface area (Å²) < 4.78 is 37.7. The first-order chi connectivity index (χ1) is 17.2. The minimum Gasteiger partial charge on any atom is -0.302 e. The van der Waals surface area contributed by atoms with Crippen LogP contribution < -0.4 is 5.32 Å². The summed E-state index contributed by atoms with van der Waals surface area (Å²) >= 11 is 6.98. The quantitative estimate of drug-likeness (QED) is 0.284. The lowest BCUT2D eigenvalue weighted by atomic mass is 10.1. The summed E-state index contributed by atoms with van der Waals surface area (Å²) in [4.78, 5) is 30.8. The zero-order valence-electron chi connectivity index (χ0n) is 19.0. The average Bonchev–Trinajstić information content (AvgIpc) is 3.27. The van der Waals surface area contributed by atoms with Gasteiger partial charge in [-0.25, -0.2) is 17.8 Å². The van der Waals surface area contributed by atoms with Gasteiger partial charge in [-0.05, 0) is 42.0 Å². The number of carbonyl (C=O) groups excluding carboxylic acids is 2. The minimum absolute atomic E-state index is 0.0104. The summed E-state index contributed by atoms with van der Waals surface area (Å²) in [5, 5.41) is 3.42. The van der Waals surface area contributed by atoms with Gasteiger partial charge in [0.1, 0.15) is 10.7 Å². The van der Waals surface area contributed by atoms with Crippen LogP contribution in [0.1, 0.15) is 27.7 Å². The molecule has 184 valence electrons. The number of benzene rings is 3. The number of halogens is 2. The lowest BCUT2D eigenvalue weighted by Crippen LogP contribution is -2.14. The maximum Gasteiger partial charge on any atom is 0.230 e. The van der Waals surface area contributed by atoms with Gasteiger partial charge in [0.2, 0.25) is 11.7 Å². The van der Waals surface area contributed by atoms with Crippen molar-refractivity contribution < 1.29 is 22.4 Å². The van der Waals surface area contributed by atoms with Crippen molar-refractivity contribution in [1.82, 2.24) is 4.98 Å². The Hall–Kier alpha value is -3.40. The second-order valence-corrected chi connectivity index (χ2v) is 11.5. The van der Waals surface area contributed by atoms with Crippen LogP contribution in [0.4, 0.5) is 9.52 Å². The van der Waals surface area contributed by atoms with Gasteiger partial charge in [0, 0.05) is 16.1 Å². The van der Waals surface area contributed by atoms with Crippen molar-refractivity contribution in [3.63, 3.8) is 0 Å². The Labute approximate surface area is 216 Å². The van der Waals surface area contributed by atoms with Crippen molar-refractivity contribution >= 4 is 49.6 Å². The van der Waals surface area contributed by atoms with E-state index in [4.69, 9.17) is 11.6 Å². The highest BCUT2D eigenvalue weighted by molar-refractivity contribution is 7.91. The summed E-state index contributed by atoms with van der Waals surface area (Å²) in [6.07, 6.45) is -0.0184. The first-order valence-corrected chi connectivity index (χ1v) is 13.7. The normalized spacial score (nSPS) is 11.3. The van der Waals surface area contributed by atoms with Gasteiger partial charge in [-0.1, -0.05) is 66.3 Å².